The molecule has 3 heteroatoms. The molecule has 18 heavy (non-hydrogen) atoms. The first kappa shape index (κ1) is 13.9. The first-order chi connectivity index (χ1) is 8.51. The highest BCUT2D eigenvalue weighted by molar-refractivity contribution is 5.86. The van der Waals surface area contributed by atoms with Gasteiger partial charge in [0.2, 0.25) is 5.91 Å². The van der Waals surface area contributed by atoms with Gasteiger partial charge in [0.25, 0.3) is 0 Å². The molecule has 1 amide bonds. The van der Waals surface area contributed by atoms with E-state index in [0.29, 0.717) is 17.9 Å². The van der Waals surface area contributed by atoms with Crippen LogP contribution >= 0.6 is 0 Å². The zero-order valence-electron chi connectivity index (χ0n) is 11.9. The maximum absolute atomic E-state index is 12.4. The van der Waals surface area contributed by atoms with Crippen LogP contribution < -0.4 is 11.1 Å². The molecular formula is C15H28N2O. The minimum Gasteiger partial charge on any atom is -0.352 e. The maximum Gasteiger partial charge on any atom is 0.240 e. The summed E-state index contributed by atoms with van der Waals surface area (Å²) in [6, 6.07) is 0.351. The van der Waals surface area contributed by atoms with E-state index < -0.39 is 5.54 Å². The second-order valence-corrected chi connectivity index (χ2v) is 6.70. The topological polar surface area (TPSA) is 55.1 Å². The van der Waals surface area contributed by atoms with Crippen LogP contribution in [0.5, 0.6) is 0 Å². The van der Waals surface area contributed by atoms with Crippen LogP contribution in [0.3, 0.4) is 0 Å². The Morgan fingerprint density at radius 2 is 1.89 bits per heavy atom. The molecule has 2 fully saturated rings. The smallest absolute Gasteiger partial charge is 0.240 e. The Kier molecular flexibility index (Phi) is 4.31. The second-order valence-electron chi connectivity index (χ2n) is 6.70. The molecular weight excluding hydrogens is 224 g/mol. The Morgan fingerprint density at radius 3 is 2.56 bits per heavy atom. The zero-order valence-corrected chi connectivity index (χ0v) is 11.9. The van der Waals surface area contributed by atoms with Crippen molar-refractivity contribution in [3.8, 4) is 0 Å². The SMILES string of the molecule is CC1CCCC(N)(C(=O)NC2CCCCC2C)C1. The highest BCUT2D eigenvalue weighted by Gasteiger charge is 2.39. The van der Waals surface area contributed by atoms with Gasteiger partial charge in [0.1, 0.15) is 0 Å². The van der Waals surface area contributed by atoms with E-state index in [1.54, 1.807) is 0 Å². The third-order valence-electron chi connectivity index (χ3n) is 4.91. The lowest BCUT2D eigenvalue weighted by atomic mass is 9.76. The molecule has 2 aliphatic carbocycles. The molecule has 0 aromatic heterocycles. The number of carbonyl (C=O) groups excluding carboxylic acids is 1. The van der Waals surface area contributed by atoms with Gasteiger partial charge < -0.3 is 11.1 Å². The Balaban J connectivity index is 1.93. The highest BCUT2D eigenvalue weighted by Crippen LogP contribution is 2.31. The van der Waals surface area contributed by atoms with Gasteiger partial charge in [0, 0.05) is 6.04 Å². The average Bonchev–Trinajstić information content (AvgIpc) is 2.31. The lowest BCUT2D eigenvalue weighted by Crippen LogP contribution is -2.59. The molecule has 3 N–H and O–H groups in total. The fraction of sp³-hybridized carbons (Fsp3) is 0.933. The molecule has 2 saturated carbocycles. The van der Waals surface area contributed by atoms with Gasteiger partial charge in [-0.1, -0.05) is 39.5 Å². The molecule has 4 atom stereocenters. The van der Waals surface area contributed by atoms with Crippen LogP contribution in [0.25, 0.3) is 0 Å². The van der Waals surface area contributed by atoms with Gasteiger partial charge in [0.15, 0.2) is 0 Å². The van der Waals surface area contributed by atoms with E-state index in [1.165, 1.54) is 25.7 Å². The minimum atomic E-state index is -0.602. The van der Waals surface area contributed by atoms with Crippen LogP contribution in [0.4, 0.5) is 0 Å². The van der Waals surface area contributed by atoms with Crippen molar-refractivity contribution in [1.82, 2.24) is 5.32 Å². The van der Waals surface area contributed by atoms with E-state index in [-0.39, 0.29) is 5.91 Å². The van der Waals surface area contributed by atoms with Crippen LogP contribution in [0.2, 0.25) is 0 Å². The summed E-state index contributed by atoms with van der Waals surface area (Å²) < 4.78 is 0. The molecule has 0 aliphatic heterocycles. The Bertz CT molecular complexity index is 305. The van der Waals surface area contributed by atoms with Gasteiger partial charge in [-0.3, -0.25) is 4.79 Å². The summed E-state index contributed by atoms with van der Waals surface area (Å²) in [5.41, 5.74) is 5.74. The largest absolute Gasteiger partial charge is 0.352 e. The molecule has 0 spiro atoms. The van der Waals surface area contributed by atoms with E-state index in [2.05, 4.69) is 19.2 Å². The Morgan fingerprint density at radius 1 is 1.17 bits per heavy atom. The molecule has 0 bridgehead atoms. The Labute approximate surface area is 111 Å². The normalized spacial score (nSPS) is 41.4. The molecule has 0 heterocycles. The molecule has 0 radical (unpaired) electrons. The van der Waals surface area contributed by atoms with Gasteiger partial charge in [-0.15, -0.1) is 0 Å². The summed E-state index contributed by atoms with van der Waals surface area (Å²) in [5.74, 6) is 1.29. The summed E-state index contributed by atoms with van der Waals surface area (Å²) in [4.78, 5) is 12.4. The molecule has 3 nitrogen and oxygen atoms in total. The van der Waals surface area contributed by atoms with Crippen molar-refractivity contribution in [2.75, 3.05) is 0 Å². The number of carbonyl (C=O) groups is 1. The predicted octanol–water partition coefficient (Wildman–Crippen LogP) is 2.59. The van der Waals surface area contributed by atoms with Gasteiger partial charge in [0.05, 0.1) is 5.54 Å². The second kappa shape index (κ2) is 5.60. The summed E-state index contributed by atoms with van der Waals surface area (Å²) in [6.45, 7) is 4.45. The third-order valence-corrected chi connectivity index (χ3v) is 4.91. The molecule has 0 saturated heterocycles. The Hall–Kier alpha value is -0.570. The fourth-order valence-electron chi connectivity index (χ4n) is 3.64. The van der Waals surface area contributed by atoms with Gasteiger partial charge in [-0.25, -0.2) is 0 Å². The fourth-order valence-corrected chi connectivity index (χ4v) is 3.64. The quantitative estimate of drug-likeness (QED) is 0.793. The van der Waals surface area contributed by atoms with E-state index in [1.807, 2.05) is 0 Å². The molecule has 2 rings (SSSR count). The third kappa shape index (κ3) is 3.05. The highest BCUT2D eigenvalue weighted by atomic mass is 16.2. The summed E-state index contributed by atoms with van der Waals surface area (Å²) >= 11 is 0. The standard InChI is InChI=1S/C15H28N2O/c1-11-6-5-9-15(16,10-11)14(18)17-13-8-4-3-7-12(13)2/h11-13H,3-10,16H2,1-2H3,(H,17,18). The molecule has 0 aromatic rings. The van der Waals surface area contributed by atoms with E-state index in [4.69, 9.17) is 5.73 Å². The summed E-state index contributed by atoms with van der Waals surface area (Å²) in [5, 5.41) is 3.24. The van der Waals surface area contributed by atoms with Crippen molar-refractivity contribution in [3.63, 3.8) is 0 Å². The monoisotopic (exact) mass is 252 g/mol. The molecule has 2 aliphatic rings. The van der Waals surface area contributed by atoms with Crippen LogP contribution in [-0.4, -0.2) is 17.5 Å². The van der Waals surface area contributed by atoms with Crippen molar-refractivity contribution >= 4 is 5.91 Å². The number of hydrogen-bond acceptors (Lipinski definition) is 2. The van der Waals surface area contributed by atoms with Gasteiger partial charge in [-0.05, 0) is 37.5 Å². The van der Waals surface area contributed by atoms with Crippen LogP contribution in [0, 0.1) is 11.8 Å². The van der Waals surface area contributed by atoms with E-state index in [0.717, 1.165) is 25.7 Å². The molecule has 0 aromatic carbocycles. The number of nitrogens with one attached hydrogen (secondary N) is 1. The van der Waals surface area contributed by atoms with Gasteiger partial charge >= 0.3 is 0 Å². The van der Waals surface area contributed by atoms with Crippen molar-refractivity contribution < 1.29 is 4.79 Å². The van der Waals surface area contributed by atoms with Crippen LogP contribution in [0.1, 0.15) is 65.2 Å². The number of amides is 1. The van der Waals surface area contributed by atoms with Crippen molar-refractivity contribution in [2.24, 2.45) is 17.6 Å². The first-order valence-corrected chi connectivity index (χ1v) is 7.61. The number of nitrogens with two attached hydrogens (primary N) is 1. The maximum atomic E-state index is 12.4. The summed E-state index contributed by atoms with van der Waals surface area (Å²) in [7, 11) is 0. The lowest BCUT2D eigenvalue weighted by Gasteiger charge is -2.38. The number of hydrogen-bond donors (Lipinski definition) is 2. The predicted molar refractivity (Wildman–Crippen MR) is 74.1 cm³/mol. The zero-order chi connectivity index (χ0) is 13.2. The lowest BCUT2D eigenvalue weighted by molar-refractivity contribution is -0.129. The van der Waals surface area contributed by atoms with Crippen molar-refractivity contribution in [3.05, 3.63) is 0 Å². The minimum absolute atomic E-state index is 0.104. The number of rotatable bonds is 2. The van der Waals surface area contributed by atoms with E-state index >= 15 is 0 Å². The van der Waals surface area contributed by atoms with Crippen molar-refractivity contribution in [1.29, 1.82) is 0 Å². The summed E-state index contributed by atoms with van der Waals surface area (Å²) in [6.07, 6.45) is 8.90. The average molecular weight is 252 g/mol. The van der Waals surface area contributed by atoms with Gasteiger partial charge in [-0.2, -0.15) is 0 Å². The van der Waals surface area contributed by atoms with Crippen molar-refractivity contribution in [2.45, 2.75) is 76.8 Å². The van der Waals surface area contributed by atoms with E-state index in [9.17, 15) is 4.79 Å². The first-order valence-electron chi connectivity index (χ1n) is 7.61. The van der Waals surface area contributed by atoms with Crippen LogP contribution in [0.15, 0.2) is 0 Å². The molecule has 4 unspecified atom stereocenters. The van der Waals surface area contributed by atoms with Crippen LogP contribution in [-0.2, 0) is 4.79 Å². The molecule has 104 valence electrons.